The smallest absolute Gasteiger partial charge is 0.109 e. The van der Waals surface area contributed by atoms with Gasteiger partial charge in [-0.3, -0.25) is 0 Å². The molecule has 2 N–H and O–H groups in total. The predicted molar refractivity (Wildman–Crippen MR) is 53.1 cm³/mol. The Hall–Kier alpha value is -0.500. The lowest BCUT2D eigenvalue weighted by atomic mass is 9.89. The number of nitrogens with two attached hydrogens (primary N) is 1. The minimum Gasteiger partial charge on any atom is -0.496 e. The molecule has 2 rings (SSSR count). The van der Waals surface area contributed by atoms with Gasteiger partial charge in [-0.2, -0.15) is 0 Å². The van der Waals surface area contributed by atoms with Crippen LogP contribution in [0.15, 0.2) is 11.8 Å². The molecule has 0 aromatic carbocycles. The zero-order valence-corrected chi connectivity index (χ0v) is 8.33. The minimum atomic E-state index is 0.167. The maximum Gasteiger partial charge on any atom is 0.109 e. The van der Waals surface area contributed by atoms with Crippen molar-refractivity contribution in [1.29, 1.82) is 0 Å². The number of rotatable bonds is 2. The third-order valence-electron chi connectivity index (χ3n) is 3.45. The maximum absolute atomic E-state index is 6.18. The molecule has 0 amide bonds. The molecule has 2 heteroatoms. The molecule has 0 bridgehead atoms. The van der Waals surface area contributed by atoms with E-state index in [0.717, 1.165) is 24.7 Å². The molecule has 74 valence electrons. The van der Waals surface area contributed by atoms with Gasteiger partial charge in [0.1, 0.15) is 5.76 Å². The summed E-state index contributed by atoms with van der Waals surface area (Å²) in [4.78, 5) is 0. The minimum absolute atomic E-state index is 0.167. The third-order valence-corrected chi connectivity index (χ3v) is 3.45. The van der Waals surface area contributed by atoms with E-state index in [1.807, 2.05) is 0 Å². The lowest BCUT2D eigenvalue weighted by Gasteiger charge is -2.23. The molecule has 2 nitrogen and oxygen atoms in total. The van der Waals surface area contributed by atoms with Crippen LogP contribution in [0.25, 0.3) is 0 Å². The molecule has 1 heterocycles. The summed E-state index contributed by atoms with van der Waals surface area (Å²) in [6, 6.07) is 0.167. The van der Waals surface area contributed by atoms with Gasteiger partial charge in [-0.25, -0.2) is 0 Å². The van der Waals surface area contributed by atoms with Crippen molar-refractivity contribution in [3.8, 4) is 0 Å². The summed E-state index contributed by atoms with van der Waals surface area (Å²) >= 11 is 0. The Balaban J connectivity index is 1.99. The van der Waals surface area contributed by atoms with E-state index in [0.29, 0.717) is 5.92 Å². The van der Waals surface area contributed by atoms with Crippen LogP contribution < -0.4 is 5.73 Å². The van der Waals surface area contributed by atoms with Crippen molar-refractivity contribution in [2.75, 3.05) is 6.61 Å². The highest BCUT2D eigenvalue weighted by Gasteiger charge is 2.32. The summed E-state index contributed by atoms with van der Waals surface area (Å²) in [5, 5.41) is 0. The summed E-state index contributed by atoms with van der Waals surface area (Å²) in [6.45, 7) is 3.15. The molecular formula is C11H19NO. The molecule has 1 aliphatic heterocycles. The van der Waals surface area contributed by atoms with Gasteiger partial charge in [-0.05, 0) is 24.3 Å². The average molecular weight is 181 g/mol. The van der Waals surface area contributed by atoms with Gasteiger partial charge in [-0.1, -0.05) is 19.8 Å². The van der Waals surface area contributed by atoms with E-state index in [9.17, 15) is 0 Å². The second-order valence-corrected chi connectivity index (χ2v) is 4.34. The molecule has 1 fully saturated rings. The fraction of sp³-hybridized carbons (Fsp3) is 0.818. The highest BCUT2D eigenvalue weighted by molar-refractivity contribution is 5.09. The van der Waals surface area contributed by atoms with Crippen LogP contribution >= 0.6 is 0 Å². The fourth-order valence-electron chi connectivity index (χ4n) is 2.59. The van der Waals surface area contributed by atoms with Crippen LogP contribution in [0.2, 0.25) is 0 Å². The van der Waals surface area contributed by atoms with Gasteiger partial charge in [-0.15, -0.1) is 0 Å². The van der Waals surface area contributed by atoms with Gasteiger partial charge < -0.3 is 10.5 Å². The summed E-state index contributed by atoms with van der Waals surface area (Å²) in [7, 11) is 0. The van der Waals surface area contributed by atoms with Crippen molar-refractivity contribution < 1.29 is 4.74 Å². The van der Waals surface area contributed by atoms with Gasteiger partial charge in [0.15, 0.2) is 0 Å². The van der Waals surface area contributed by atoms with Crippen molar-refractivity contribution in [2.24, 2.45) is 17.6 Å². The zero-order chi connectivity index (χ0) is 9.26. The highest BCUT2D eigenvalue weighted by atomic mass is 16.5. The van der Waals surface area contributed by atoms with E-state index < -0.39 is 0 Å². The normalized spacial score (nSPS) is 35.7. The lowest BCUT2D eigenvalue weighted by Crippen LogP contribution is -2.33. The third kappa shape index (κ3) is 1.73. The van der Waals surface area contributed by atoms with E-state index in [1.165, 1.54) is 19.3 Å². The molecule has 3 atom stereocenters. The Morgan fingerprint density at radius 1 is 1.54 bits per heavy atom. The predicted octanol–water partition coefficient (Wildman–Crippen LogP) is 2.05. The van der Waals surface area contributed by atoms with Gasteiger partial charge >= 0.3 is 0 Å². The Morgan fingerprint density at radius 3 is 2.92 bits per heavy atom. The van der Waals surface area contributed by atoms with Crippen LogP contribution in [-0.4, -0.2) is 12.6 Å². The molecule has 13 heavy (non-hydrogen) atoms. The van der Waals surface area contributed by atoms with Crippen molar-refractivity contribution in [3.63, 3.8) is 0 Å². The molecule has 0 aromatic heterocycles. The van der Waals surface area contributed by atoms with Crippen LogP contribution in [0.4, 0.5) is 0 Å². The van der Waals surface area contributed by atoms with E-state index in [-0.39, 0.29) is 6.04 Å². The number of hydrogen-bond donors (Lipinski definition) is 1. The maximum atomic E-state index is 6.18. The van der Waals surface area contributed by atoms with Crippen molar-refractivity contribution >= 4 is 0 Å². The fourth-order valence-corrected chi connectivity index (χ4v) is 2.59. The monoisotopic (exact) mass is 181 g/mol. The topological polar surface area (TPSA) is 35.2 Å². The van der Waals surface area contributed by atoms with Gasteiger partial charge in [0.05, 0.1) is 12.6 Å². The molecule has 1 aliphatic carbocycles. The molecule has 0 aromatic rings. The summed E-state index contributed by atoms with van der Waals surface area (Å²) in [5.41, 5.74) is 6.18. The van der Waals surface area contributed by atoms with Crippen molar-refractivity contribution in [3.05, 3.63) is 11.8 Å². The Kier molecular flexibility index (Phi) is 2.58. The van der Waals surface area contributed by atoms with Crippen molar-refractivity contribution in [1.82, 2.24) is 0 Å². The average Bonchev–Trinajstić information content (AvgIpc) is 2.72. The molecule has 0 radical (unpaired) electrons. The SMILES string of the molecule is CC1CCCC1C(N)C1=CCCO1. The van der Waals surface area contributed by atoms with Crippen LogP contribution in [0.5, 0.6) is 0 Å². The number of hydrogen-bond acceptors (Lipinski definition) is 2. The first kappa shape index (κ1) is 9.07. The zero-order valence-electron chi connectivity index (χ0n) is 8.33. The Morgan fingerprint density at radius 2 is 2.38 bits per heavy atom. The first-order valence-corrected chi connectivity index (χ1v) is 5.37. The van der Waals surface area contributed by atoms with Crippen LogP contribution in [-0.2, 0) is 4.74 Å². The molecule has 0 saturated heterocycles. The summed E-state index contributed by atoms with van der Waals surface area (Å²) < 4.78 is 5.51. The van der Waals surface area contributed by atoms with Gasteiger partial charge in [0, 0.05) is 6.42 Å². The molecule has 1 saturated carbocycles. The standard InChI is InChI=1S/C11H19NO/c1-8-4-2-5-9(8)11(12)10-6-3-7-13-10/h6,8-9,11H,2-5,7,12H2,1H3. The van der Waals surface area contributed by atoms with Gasteiger partial charge in [0.25, 0.3) is 0 Å². The summed E-state index contributed by atoms with van der Waals surface area (Å²) in [6.07, 6.45) is 7.17. The number of ether oxygens (including phenoxy) is 1. The van der Waals surface area contributed by atoms with E-state index in [1.54, 1.807) is 0 Å². The van der Waals surface area contributed by atoms with E-state index in [2.05, 4.69) is 13.0 Å². The largest absolute Gasteiger partial charge is 0.496 e. The van der Waals surface area contributed by atoms with Crippen LogP contribution in [0.3, 0.4) is 0 Å². The van der Waals surface area contributed by atoms with Gasteiger partial charge in [0.2, 0.25) is 0 Å². The van der Waals surface area contributed by atoms with E-state index >= 15 is 0 Å². The first-order chi connectivity index (χ1) is 6.29. The van der Waals surface area contributed by atoms with Crippen LogP contribution in [0, 0.1) is 11.8 Å². The molecule has 2 aliphatic rings. The first-order valence-electron chi connectivity index (χ1n) is 5.37. The Labute approximate surface area is 80.1 Å². The Bertz CT molecular complexity index is 212. The van der Waals surface area contributed by atoms with E-state index in [4.69, 9.17) is 10.5 Å². The quantitative estimate of drug-likeness (QED) is 0.707. The van der Waals surface area contributed by atoms with Crippen LogP contribution in [0.1, 0.15) is 32.6 Å². The summed E-state index contributed by atoms with van der Waals surface area (Å²) in [5.74, 6) is 2.49. The highest BCUT2D eigenvalue weighted by Crippen LogP contribution is 2.35. The second kappa shape index (κ2) is 3.70. The second-order valence-electron chi connectivity index (χ2n) is 4.34. The lowest BCUT2D eigenvalue weighted by molar-refractivity contribution is 0.197. The molecule has 0 spiro atoms. The van der Waals surface area contributed by atoms with Crippen molar-refractivity contribution in [2.45, 2.75) is 38.6 Å². The molecular weight excluding hydrogens is 162 g/mol. The molecule has 3 unspecified atom stereocenters.